The number of carbonyl (C=O) groups excluding carboxylic acids is 1. The second-order valence-corrected chi connectivity index (χ2v) is 4.79. The first-order valence-electron chi connectivity index (χ1n) is 6.57. The van der Waals surface area contributed by atoms with E-state index in [1.54, 1.807) is 18.2 Å². The van der Waals surface area contributed by atoms with E-state index in [-0.39, 0.29) is 6.61 Å². The highest BCUT2D eigenvalue weighted by Crippen LogP contribution is 2.28. The van der Waals surface area contributed by atoms with Crippen LogP contribution in [0.2, 0.25) is 0 Å². The molecule has 0 aliphatic rings. The zero-order chi connectivity index (χ0) is 17.0. The van der Waals surface area contributed by atoms with Gasteiger partial charge in [-0.2, -0.15) is 13.2 Å². The summed E-state index contributed by atoms with van der Waals surface area (Å²) in [7, 11) is 0. The van der Waals surface area contributed by atoms with Gasteiger partial charge < -0.3 is 15.0 Å². The monoisotopic (exact) mass is 326 g/mol. The van der Waals surface area contributed by atoms with Gasteiger partial charge in [0.25, 0.3) is 5.56 Å². The molecule has 122 valence electrons. The summed E-state index contributed by atoms with van der Waals surface area (Å²) in [5, 5.41) is 11.5. The van der Waals surface area contributed by atoms with Crippen LogP contribution in [-0.4, -0.2) is 15.6 Å². The van der Waals surface area contributed by atoms with Gasteiger partial charge in [-0.25, -0.2) is 0 Å². The molecule has 0 spiro atoms. The highest BCUT2D eigenvalue weighted by molar-refractivity contribution is 5.90. The van der Waals surface area contributed by atoms with Crippen molar-refractivity contribution in [1.82, 2.24) is 4.57 Å². The molecule has 1 aromatic heterocycles. The van der Waals surface area contributed by atoms with E-state index in [0.717, 1.165) is 6.07 Å². The van der Waals surface area contributed by atoms with E-state index in [1.807, 2.05) is 0 Å². The quantitative estimate of drug-likeness (QED) is 0.903. The van der Waals surface area contributed by atoms with Crippen molar-refractivity contribution in [3.8, 4) is 0 Å². The summed E-state index contributed by atoms with van der Waals surface area (Å²) in [6, 6.07) is 7.77. The summed E-state index contributed by atoms with van der Waals surface area (Å²) in [5.41, 5.74) is -0.773. The Morgan fingerprint density at radius 2 is 1.96 bits per heavy atom. The zero-order valence-electron chi connectivity index (χ0n) is 11.8. The van der Waals surface area contributed by atoms with Crippen LogP contribution in [0.3, 0.4) is 0 Å². The summed E-state index contributed by atoms with van der Waals surface area (Å²) in [6.07, 6.45) is -3.99. The van der Waals surface area contributed by atoms with Gasteiger partial charge in [-0.05, 0) is 23.8 Å². The van der Waals surface area contributed by atoms with Crippen LogP contribution in [0.25, 0.3) is 0 Å². The van der Waals surface area contributed by atoms with Crippen LogP contribution in [0, 0.1) is 0 Å². The SMILES string of the molecule is O=C(Cn1cc(C(F)(F)F)ccc1=O)Nc1cccc(CO)c1. The Kier molecular flexibility index (Phi) is 4.85. The van der Waals surface area contributed by atoms with Gasteiger partial charge in [0.05, 0.1) is 12.2 Å². The van der Waals surface area contributed by atoms with Gasteiger partial charge >= 0.3 is 6.18 Å². The minimum Gasteiger partial charge on any atom is -0.392 e. The third-order valence-corrected chi connectivity index (χ3v) is 3.02. The van der Waals surface area contributed by atoms with Crippen LogP contribution in [0.1, 0.15) is 11.1 Å². The predicted octanol–water partition coefficient (Wildman–Crippen LogP) is 2.00. The number of aromatic nitrogens is 1. The van der Waals surface area contributed by atoms with Crippen molar-refractivity contribution in [2.24, 2.45) is 0 Å². The van der Waals surface area contributed by atoms with E-state index in [1.165, 1.54) is 6.07 Å². The number of amides is 1. The molecule has 5 nitrogen and oxygen atoms in total. The summed E-state index contributed by atoms with van der Waals surface area (Å²) in [5.74, 6) is -0.651. The molecule has 2 N–H and O–H groups in total. The molecule has 1 heterocycles. The lowest BCUT2D eigenvalue weighted by molar-refractivity contribution is -0.138. The number of anilines is 1. The Morgan fingerprint density at radius 1 is 1.22 bits per heavy atom. The lowest BCUT2D eigenvalue weighted by atomic mass is 10.2. The molecule has 1 aromatic carbocycles. The number of hydrogen-bond donors (Lipinski definition) is 2. The van der Waals surface area contributed by atoms with Crippen molar-refractivity contribution < 1.29 is 23.1 Å². The molecule has 2 rings (SSSR count). The number of pyridine rings is 1. The summed E-state index contributed by atoms with van der Waals surface area (Å²) in [4.78, 5) is 23.4. The molecular formula is C15H13F3N2O3. The van der Waals surface area contributed by atoms with E-state index in [9.17, 15) is 22.8 Å². The Labute approximate surface area is 129 Å². The molecule has 0 saturated heterocycles. The molecule has 0 fully saturated rings. The minimum absolute atomic E-state index is 0.212. The largest absolute Gasteiger partial charge is 0.417 e. The average molecular weight is 326 g/mol. The number of hydrogen-bond acceptors (Lipinski definition) is 3. The topological polar surface area (TPSA) is 71.3 Å². The first-order chi connectivity index (χ1) is 10.8. The van der Waals surface area contributed by atoms with Gasteiger partial charge in [0.15, 0.2) is 0 Å². The molecule has 0 aliphatic heterocycles. The number of rotatable bonds is 4. The Morgan fingerprint density at radius 3 is 2.61 bits per heavy atom. The van der Waals surface area contributed by atoms with Crippen LogP contribution >= 0.6 is 0 Å². The molecule has 0 aliphatic carbocycles. The molecular weight excluding hydrogens is 313 g/mol. The number of nitrogens with zero attached hydrogens (tertiary/aromatic N) is 1. The fourth-order valence-electron chi connectivity index (χ4n) is 1.93. The van der Waals surface area contributed by atoms with Crippen molar-refractivity contribution in [3.63, 3.8) is 0 Å². The highest BCUT2D eigenvalue weighted by Gasteiger charge is 2.31. The number of halogens is 3. The van der Waals surface area contributed by atoms with Crippen molar-refractivity contribution in [1.29, 1.82) is 0 Å². The van der Waals surface area contributed by atoms with E-state index in [0.29, 0.717) is 28.1 Å². The van der Waals surface area contributed by atoms with Crippen molar-refractivity contribution in [2.45, 2.75) is 19.3 Å². The molecule has 1 amide bonds. The lowest BCUT2D eigenvalue weighted by Crippen LogP contribution is -2.28. The van der Waals surface area contributed by atoms with Crippen LogP contribution < -0.4 is 10.9 Å². The van der Waals surface area contributed by atoms with E-state index >= 15 is 0 Å². The maximum absolute atomic E-state index is 12.6. The molecule has 0 unspecified atom stereocenters. The average Bonchev–Trinajstić information content (AvgIpc) is 2.48. The summed E-state index contributed by atoms with van der Waals surface area (Å²) < 4.78 is 38.6. The maximum atomic E-state index is 12.6. The Bertz CT molecular complexity index is 769. The van der Waals surface area contributed by atoms with Crippen LogP contribution in [0.4, 0.5) is 18.9 Å². The Balaban J connectivity index is 2.15. The Hall–Kier alpha value is -2.61. The molecule has 0 bridgehead atoms. The van der Waals surface area contributed by atoms with Crippen LogP contribution in [-0.2, 0) is 24.1 Å². The van der Waals surface area contributed by atoms with Crippen molar-refractivity contribution in [2.75, 3.05) is 5.32 Å². The third kappa shape index (κ3) is 4.43. The first kappa shape index (κ1) is 16.8. The standard InChI is InChI=1S/C15H13F3N2O3/c16-15(17,18)11-4-5-14(23)20(7-11)8-13(22)19-12-3-1-2-10(6-12)9-21/h1-7,21H,8-9H2,(H,19,22). The highest BCUT2D eigenvalue weighted by atomic mass is 19.4. The molecule has 0 atom stereocenters. The zero-order valence-corrected chi connectivity index (χ0v) is 11.8. The number of alkyl halides is 3. The van der Waals surface area contributed by atoms with Gasteiger partial charge in [-0.15, -0.1) is 0 Å². The van der Waals surface area contributed by atoms with Crippen LogP contribution in [0.5, 0.6) is 0 Å². The van der Waals surface area contributed by atoms with E-state index in [2.05, 4.69) is 5.32 Å². The lowest BCUT2D eigenvalue weighted by Gasteiger charge is -2.11. The molecule has 2 aromatic rings. The maximum Gasteiger partial charge on any atom is 0.417 e. The second kappa shape index (κ2) is 6.66. The smallest absolute Gasteiger partial charge is 0.392 e. The van der Waals surface area contributed by atoms with Crippen molar-refractivity contribution in [3.05, 3.63) is 64.1 Å². The van der Waals surface area contributed by atoms with Gasteiger partial charge in [0.1, 0.15) is 6.54 Å². The third-order valence-electron chi connectivity index (χ3n) is 3.02. The van der Waals surface area contributed by atoms with Crippen molar-refractivity contribution >= 4 is 11.6 Å². The van der Waals surface area contributed by atoms with Gasteiger partial charge in [-0.3, -0.25) is 9.59 Å². The number of aliphatic hydroxyl groups excluding tert-OH is 1. The fourth-order valence-corrected chi connectivity index (χ4v) is 1.93. The van der Waals surface area contributed by atoms with E-state index < -0.39 is 29.8 Å². The fraction of sp³-hybridized carbons (Fsp3) is 0.200. The number of carbonyl (C=O) groups is 1. The normalized spacial score (nSPS) is 11.3. The number of nitrogens with one attached hydrogen (secondary N) is 1. The number of aliphatic hydroxyl groups is 1. The van der Waals surface area contributed by atoms with Gasteiger partial charge in [0.2, 0.25) is 5.91 Å². The molecule has 0 radical (unpaired) electrons. The predicted molar refractivity (Wildman–Crippen MR) is 76.7 cm³/mol. The number of benzene rings is 1. The molecule has 8 heteroatoms. The summed E-state index contributed by atoms with van der Waals surface area (Å²) >= 11 is 0. The van der Waals surface area contributed by atoms with Gasteiger partial charge in [-0.1, -0.05) is 12.1 Å². The molecule has 0 saturated carbocycles. The van der Waals surface area contributed by atoms with E-state index in [4.69, 9.17) is 5.11 Å². The molecule has 23 heavy (non-hydrogen) atoms. The first-order valence-corrected chi connectivity index (χ1v) is 6.57. The minimum atomic E-state index is -4.60. The second-order valence-electron chi connectivity index (χ2n) is 4.79. The summed E-state index contributed by atoms with van der Waals surface area (Å²) in [6.45, 7) is -0.761. The van der Waals surface area contributed by atoms with Crippen LogP contribution in [0.15, 0.2) is 47.4 Å². The van der Waals surface area contributed by atoms with Gasteiger partial charge in [0, 0.05) is 18.0 Å².